The molecule has 0 fully saturated rings. The van der Waals surface area contributed by atoms with Crippen LogP contribution < -0.4 is 5.32 Å². The summed E-state index contributed by atoms with van der Waals surface area (Å²) in [5, 5.41) is 18.6. The van der Waals surface area contributed by atoms with E-state index in [0.717, 1.165) is 18.5 Å². The van der Waals surface area contributed by atoms with Gasteiger partial charge in [-0.15, -0.1) is 0 Å². The van der Waals surface area contributed by atoms with Crippen LogP contribution in [0.15, 0.2) is 0 Å². The van der Waals surface area contributed by atoms with Crippen LogP contribution in [-0.2, 0) is 13.0 Å². The van der Waals surface area contributed by atoms with Crippen molar-refractivity contribution < 1.29 is 4.92 Å². The fourth-order valence-corrected chi connectivity index (χ4v) is 2.25. The summed E-state index contributed by atoms with van der Waals surface area (Å²) >= 11 is 0. The molecule has 1 heterocycles. The zero-order valence-electron chi connectivity index (χ0n) is 11.6. The molecule has 0 spiro atoms. The van der Waals surface area contributed by atoms with Crippen molar-refractivity contribution in [1.82, 2.24) is 15.1 Å². The highest BCUT2D eigenvalue weighted by atomic mass is 16.6. The third-order valence-electron chi connectivity index (χ3n) is 3.17. The van der Waals surface area contributed by atoms with Crippen LogP contribution in [0.3, 0.4) is 0 Å². The lowest BCUT2D eigenvalue weighted by Gasteiger charge is -2.15. The maximum atomic E-state index is 11.1. The first-order valence-electron chi connectivity index (χ1n) is 6.43. The highest BCUT2D eigenvalue weighted by molar-refractivity contribution is 5.41. The van der Waals surface area contributed by atoms with Crippen LogP contribution in [0.4, 0.5) is 5.69 Å². The van der Waals surface area contributed by atoms with E-state index in [2.05, 4.69) is 17.3 Å². The summed E-state index contributed by atoms with van der Waals surface area (Å²) in [7, 11) is 1.89. The number of nitro groups is 1. The van der Waals surface area contributed by atoms with E-state index >= 15 is 0 Å². The van der Waals surface area contributed by atoms with E-state index in [1.54, 1.807) is 11.6 Å². The Morgan fingerprint density at radius 1 is 1.50 bits per heavy atom. The van der Waals surface area contributed by atoms with Gasteiger partial charge in [0.1, 0.15) is 11.4 Å². The van der Waals surface area contributed by atoms with E-state index in [1.165, 1.54) is 0 Å². The second-order valence-electron chi connectivity index (χ2n) is 4.43. The van der Waals surface area contributed by atoms with Crippen LogP contribution in [0.25, 0.3) is 0 Å². The molecule has 0 radical (unpaired) electrons. The second-order valence-corrected chi connectivity index (χ2v) is 4.43. The van der Waals surface area contributed by atoms with Crippen molar-refractivity contribution in [3.8, 4) is 0 Å². The van der Waals surface area contributed by atoms with Crippen LogP contribution in [0.1, 0.15) is 38.1 Å². The maximum absolute atomic E-state index is 11.1. The van der Waals surface area contributed by atoms with Gasteiger partial charge in [0.05, 0.1) is 4.92 Å². The molecule has 0 amide bonds. The number of nitrogens with one attached hydrogen (secondary N) is 1. The lowest BCUT2D eigenvalue weighted by Crippen LogP contribution is -2.28. The molecule has 102 valence electrons. The van der Waals surface area contributed by atoms with E-state index in [9.17, 15) is 10.1 Å². The van der Waals surface area contributed by atoms with E-state index in [-0.39, 0.29) is 16.7 Å². The fraction of sp³-hybridized carbons (Fsp3) is 0.750. The van der Waals surface area contributed by atoms with Crippen molar-refractivity contribution >= 4 is 5.69 Å². The lowest BCUT2D eigenvalue weighted by molar-refractivity contribution is -0.386. The van der Waals surface area contributed by atoms with Gasteiger partial charge in [0.25, 0.3) is 0 Å². The Bertz CT molecular complexity index is 414. The highest BCUT2D eigenvalue weighted by Gasteiger charge is 2.26. The Morgan fingerprint density at radius 2 is 2.17 bits per heavy atom. The quantitative estimate of drug-likeness (QED) is 0.597. The minimum atomic E-state index is -0.317. The number of aromatic nitrogens is 2. The molecule has 0 bridgehead atoms. The van der Waals surface area contributed by atoms with E-state index in [4.69, 9.17) is 0 Å². The predicted molar refractivity (Wildman–Crippen MR) is 70.8 cm³/mol. The second kappa shape index (κ2) is 6.49. The minimum Gasteiger partial charge on any atom is -0.317 e. The SMILES string of the molecule is CCCC(Cc1c([N+](=O)[O-])c(C)nn1CC)NC. The van der Waals surface area contributed by atoms with Gasteiger partial charge in [-0.3, -0.25) is 14.8 Å². The van der Waals surface area contributed by atoms with Gasteiger partial charge >= 0.3 is 5.69 Å². The molecule has 0 saturated heterocycles. The van der Waals surface area contributed by atoms with Crippen molar-refractivity contribution in [3.05, 3.63) is 21.5 Å². The molecule has 0 aliphatic rings. The number of rotatable bonds is 7. The van der Waals surface area contributed by atoms with Crippen molar-refractivity contribution in [2.75, 3.05) is 7.05 Å². The average Bonchev–Trinajstić information content (AvgIpc) is 2.64. The summed E-state index contributed by atoms with van der Waals surface area (Å²) in [6.07, 6.45) is 2.70. The normalized spacial score (nSPS) is 12.7. The van der Waals surface area contributed by atoms with Gasteiger partial charge in [0.15, 0.2) is 0 Å². The standard InChI is InChI=1S/C12H22N4O2/c1-5-7-10(13-4)8-11-12(16(17)18)9(3)14-15(11)6-2/h10,13H,5-8H2,1-4H3. The van der Waals surface area contributed by atoms with Crippen LogP contribution in [0, 0.1) is 17.0 Å². The molecule has 1 unspecified atom stereocenters. The number of nitrogens with zero attached hydrogens (tertiary/aromatic N) is 3. The molecule has 0 saturated carbocycles. The Kier molecular flexibility index (Phi) is 5.27. The van der Waals surface area contributed by atoms with Crippen LogP contribution in [0.2, 0.25) is 0 Å². The van der Waals surface area contributed by atoms with E-state index in [1.807, 2.05) is 14.0 Å². The van der Waals surface area contributed by atoms with Crippen LogP contribution >= 0.6 is 0 Å². The number of hydrogen-bond acceptors (Lipinski definition) is 4. The number of likely N-dealkylation sites (N-methyl/N-ethyl adjacent to an activating group) is 1. The van der Waals surface area contributed by atoms with Crippen molar-refractivity contribution in [2.45, 2.75) is 52.6 Å². The monoisotopic (exact) mass is 254 g/mol. The zero-order valence-corrected chi connectivity index (χ0v) is 11.6. The average molecular weight is 254 g/mol. The summed E-state index contributed by atoms with van der Waals surface area (Å²) in [5.74, 6) is 0. The molecule has 0 aliphatic heterocycles. The topological polar surface area (TPSA) is 73.0 Å². The summed E-state index contributed by atoms with van der Waals surface area (Å²) in [6.45, 7) is 6.42. The molecule has 6 nitrogen and oxygen atoms in total. The molecular weight excluding hydrogens is 232 g/mol. The van der Waals surface area contributed by atoms with Gasteiger partial charge in [-0.1, -0.05) is 13.3 Å². The predicted octanol–water partition coefficient (Wildman–Crippen LogP) is 2.05. The van der Waals surface area contributed by atoms with Gasteiger partial charge in [0, 0.05) is 19.0 Å². The fourth-order valence-electron chi connectivity index (χ4n) is 2.25. The Morgan fingerprint density at radius 3 is 2.61 bits per heavy atom. The Hall–Kier alpha value is -1.43. The molecule has 6 heteroatoms. The van der Waals surface area contributed by atoms with E-state index in [0.29, 0.717) is 18.7 Å². The Labute approximate surface area is 108 Å². The van der Waals surface area contributed by atoms with Crippen molar-refractivity contribution in [3.63, 3.8) is 0 Å². The number of aryl methyl sites for hydroxylation is 2. The summed E-state index contributed by atoms with van der Waals surface area (Å²) in [4.78, 5) is 10.8. The summed E-state index contributed by atoms with van der Waals surface area (Å²) in [5.41, 5.74) is 1.41. The molecule has 18 heavy (non-hydrogen) atoms. The van der Waals surface area contributed by atoms with Gasteiger partial charge in [0.2, 0.25) is 0 Å². The summed E-state index contributed by atoms with van der Waals surface area (Å²) < 4.78 is 1.74. The minimum absolute atomic E-state index is 0.174. The van der Waals surface area contributed by atoms with Gasteiger partial charge in [-0.05, 0) is 27.3 Å². The Balaban J connectivity index is 3.08. The molecule has 1 N–H and O–H groups in total. The van der Waals surface area contributed by atoms with Gasteiger partial charge in [-0.2, -0.15) is 5.10 Å². The smallest absolute Gasteiger partial charge is 0.313 e. The maximum Gasteiger partial charge on any atom is 0.313 e. The molecule has 1 atom stereocenters. The third-order valence-corrected chi connectivity index (χ3v) is 3.17. The summed E-state index contributed by atoms with van der Waals surface area (Å²) in [6, 6.07) is 0.259. The first-order chi connectivity index (χ1) is 8.54. The van der Waals surface area contributed by atoms with E-state index < -0.39 is 0 Å². The molecule has 0 aliphatic carbocycles. The third kappa shape index (κ3) is 3.07. The largest absolute Gasteiger partial charge is 0.317 e. The first-order valence-corrected chi connectivity index (χ1v) is 6.43. The van der Waals surface area contributed by atoms with Crippen molar-refractivity contribution in [2.24, 2.45) is 0 Å². The molecule has 1 aromatic rings. The molecule has 1 rings (SSSR count). The highest BCUT2D eigenvalue weighted by Crippen LogP contribution is 2.24. The van der Waals surface area contributed by atoms with Crippen molar-refractivity contribution in [1.29, 1.82) is 0 Å². The molecular formula is C12H22N4O2. The van der Waals surface area contributed by atoms with Crippen LogP contribution in [0.5, 0.6) is 0 Å². The first kappa shape index (κ1) is 14.6. The lowest BCUT2D eigenvalue weighted by atomic mass is 10.1. The van der Waals surface area contributed by atoms with Gasteiger partial charge < -0.3 is 5.32 Å². The number of hydrogen-bond donors (Lipinski definition) is 1. The van der Waals surface area contributed by atoms with Gasteiger partial charge in [-0.25, -0.2) is 0 Å². The molecule has 1 aromatic heterocycles. The molecule has 0 aromatic carbocycles. The zero-order chi connectivity index (χ0) is 13.7. The van der Waals surface area contributed by atoms with Crippen LogP contribution in [-0.4, -0.2) is 27.8 Å².